The van der Waals surface area contributed by atoms with Crippen LogP contribution in [0.2, 0.25) is 0 Å². The number of hydrogen-bond acceptors (Lipinski definition) is 6. The lowest BCUT2D eigenvalue weighted by molar-refractivity contribution is -0.142. The maximum absolute atomic E-state index is 13.7. The second-order valence-corrected chi connectivity index (χ2v) is 8.46. The Hall–Kier alpha value is -2.59. The van der Waals surface area contributed by atoms with Crippen molar-refractivity contribution in [3.8, 4) is 0 Å². The molecule has 0 saturated carbocycles. The number of nitrogens with two attached hydrogens (primary N) is 1. The number of ether oxygens (including phenoxy) is 1. The molecule has 2 heterocycles. The van der Waals surface area contributed by atoms with E-state index >= 15 is 0 Å². The van der Waals surface area contributed by atoms with Gasteiger partial charge in [0.25, 0.3) is 0 Å². The highest BCUT2D eigenvalue weighted by atomic mass is 19.4. The Morgan fingerprint density at radius 1 is 1.45 bits per heavy atom. The summed E-state index contributed by atoms with van der Waals surface area (Å²) in [5.74, 6) is -0.359. The first-order valence-corrected chi connectivity index (χ1v) is 11.3. The van der Waals surface area contributed by atoms with E-state index in [9.17, 15) is 13.2 Å². The zero-order chi connectivity index (χ0) is 24.2. The minimum atomic E-state index is -4.58. The molecule has 7 nitrogen and oxygen atoms in total. The fourth-order valence-electron chi connectivity index (χ4n) is 4.38. The summed E-state index contributed by atoms with van der Waals surface area (Å²) in [4.78, 5) is 2.14. The number of halogens is 3. The van der Waals surface area contributed by atoms with E-state index in [2.05, 4.69) is 20.4 Å². The Labute approximate surface area is 192 Å². The van der Waals surface area contributed by atoms with Crippen molar-refractivity contribution >= 4 is 6.21 Å². The zero-order valence-corrected chi connectivity index (χ0v) is 19.2. The Bertz CT molecular complexity index is 920. The molecule has 1 fully saturated rings. The van der Waals surface area contributed by atoms with Gasteiger partial charge in [-0.05, 0) is 38.0 Å². The third-order valence-electron chi connectivity index (χ3n) is 6.03. The van der Waals surface area contributed by atoms with Crippen LogP contribution < -0.4 is 11.1 Å². The van der Waals surface area contributed by atoms with Gasteiger partial charge < -0.3 is 26.1 Å². The first-order chi connectivity index (χ1) is 15.7. The average molecular weight is 467 g/mol. The molecule has 5 N–H and O–H groups in total. The standard InChI is InChI=1S/C23H33F3N6O/c1-4-6-15(5-2)21(17-12-29-31-22(17)23(24,25)26)30-19-9-16(11-27)18(28)10-20(19)32-7-8-33-14(3)13-32/h5,9-12,14,16,18,21,27,30H,4,6-8,13,28H2,1-3H3,(H,29,31)/b15-5+,27-11?/t14-,16?,18?,21?/m0/s1. The Morgan fingerprint density at radius 2 is 2.21 bits per heavy atom. The van der Waals surface area contributed by atoms with E-state index in [1.165, 1.54) is 12.4 Å². The van der Waals surface area contributed by atoms with Crippen LogP contribution >= 0.6 is 0 Å². The molecule has 4 atom stereocenters. The van der Waals surface area contributed by atoms with Crippen molar-refractivity contribution in [1.82, 2.24) is 20.4 Å². The van der Waals surface area contributed by atoms with Crippen LogP contribution in [0.25, 0.3) is 0 Å². The Balaban J connectivity index is 2.04. The number of rotatable bonds is 8. The van der Waals surface area contributed by atoms with Crippen molar-refractivity contribution < 1.29 is 17.9 Å². The van der Waals surface area contributed by atoms with Gasteiger partial charge in [-0.25, -0.2) is 0 Å². The van der Waals surface area contributed by atoms with E-state index in [0.717, 1.165) is 17.7 Å². The molecule has 3 rings (SSSR count). The predicted molar refractivity (Wildman–Crippen MR) is 122 cm³/mol. The third-order valence-corrected chi connectivity index (χ3v) is 6.03. The minimum Gasteiger partial charge on any atom is -0.375 e. The fraction of sp³-hybridized carbons (Fsp3) is 0.565. The van der Waals surface area contributed by atoms with Crippen molar-refractivity contribution in [3.05, 3.63) is 52.6 Å². The number of alkyl halides is 3. The van der Waals surface area contributed by atoms with Crippen molar-refractivity contribution in [2.75, 3.05) is 19.7 Å². The van der Waals surface area contributed by atoms with Gasteiger partial charge in [0.2, 0.25) is 0 Å². The molecule has 1 aliphatic heterocycles. The first kappa shape index (κ1) is 25.0. The van der Waals surface area contributed by atoms with E-state index in [1.807, 2.05) is 39.0 Å². The molecule has 0 aromatic carbocycles. The summed E-state index contributed by atoms with van der Waals surface area (Å²) in [6.07, 6.45) is 5.01. The summed E-state index contributed by atoms with van der Waals surface area (Å²) in [6.45, 7) is 7.64. The second kappa shape index (κ2) is 10.6. The van der Waals surface area contributed by atoms with Crippen molar-refractivity contribution in [2.45, 2.75) is 58.0 Å². The summed E-state index contributed by atoms with van der Waals surface area (Å²) < 4.78 is 46.8. The van der Waals surface area contributed by atoms with Crippen LogP contribution in [0.1, 0.15) is 50.9 Å². The average Bonchev–Trinajstić information content (AvgIpc) is 3.27. The summed E-state index contributed by atoms with van der Waals surface area (Å²) in [6, 6.07) is -1.13. The van der Waals surface area contributed by atoms with Crippen LogP contribution in [0.15, 0.2) is 41.4 Å². The van der Waals surface area contributed by atoms with Crippen molar-refractivity contribution in [3.63, 3.8) is 0 Å². The summed E-state index contributed by atoms with van der Waals surface area (Å²) in [7, 11) is 0. The van der Waals surface area contributed by atoms with Crippen LogP contribution in [0.3, 0.4) is 0 Å². The lowest BCUT2D eigenvalue weighted by Crippen LogP contribution is -2.45. The van der Waals surface area contributed by atoms with E-state index < -0.39 is 24.0 Å². The highest BCUT2D eigenvalue weighted by molar-refractivity contribution is 5.64. The molecule has 0 amide bonds. The lowest BCUT2D eigenvalue weighted by atomic mass is 9.90. The summed E-state index contributed by atoms with van der Waals surface area (Å²) in [5.41, 5.74) is 7.72. The monoisotopic (exact) mass is 466 g/mol. The van der Waals surface area contributed by atoms with Crippen molar-refractivity contribution in [2.24, 2.45) is 11.7 Å². The normalized spacial score (nSPS) is 25.4. The second-order valence-electron chi connectivity index (χ2n) is 8.46. The quantitative estimate of drug-likeness (QED) is 0.344. The topological polar surface area (TPSA) is 103 Å². The zero-order valence-electron chi connectivity index (χ0n) is 19.2. The number of H-pyrrole nitrogens is 1. The van der Waals surface area contributed by atoms with Gasteiger partial charge in [0.15, 0.2) is 5.69 Å². The molecule has 1 aromatic heterocycles. The highest BCUT2D eigenvalue weighted by Crippen LogP contribution is 2.38. The number of nitrogens with one attached hydrogen (secondary N) is 3. The molecule has 33 heavy (non-hydrogen) atoms. The number of aromatic amines is 1. The third kappa shape index (κ3) is 5.67. The van der Waals surface area contributed by atoms with Crippen LogP contribution in [0.4, 0.5) is 13.2 Å². The van der Waals surface area contributed by atoms with Crippen LogP contribution in [-0.2, 0) is 10.9 Å². The van der Waals surface area contributed by atoms with E-state index in [0.29, 0.717) is 31.8 Å². The van der Waals surface area contributed by atoms with Gasteiger partial charge in [0, 0.05) is 43.0 Å². The maximum atomic E-state index is 13.7. The molecular formula is C23H33F3N6O. The Morgan fingerprint density at radius 3 is 2.82 bits per heavy atom. The van der Waals surface area contributed by atoms with Gasteiger partial charge in [-0.1, -0.05) is 19.4 Å². The van der Waals surface area contributed by atoms with Gasteiger partial charge in [-0.3, -0.25) is 5.10 Å². The maximum Gasteiger partial charge on any atom is 0.435 e. The van der Waals surface area contributed by atoms with Crippen molar-refractivity contribution in [1.29, 1.82) is 5.41 Å². The molecule has 1 saturated heterocycles. The molecule has 1 aromatic rings. The molecule has 2 aliphatic rings. The van der Waals surface area contributed by atoms with E-state index in [4.69, 9.17) is 15.9 Å². The van der Waals surface area contributed by atoms with Gasteiger partial charge in [-0.2, -0.15) is 18.3 Å². The molecule has 1 aliphatic carbocycles. The Kier molecular flexibility index (Phi) is 8.01. The molecule has 0 bridgehead atoms. The molecule has 0 radical (unpaired) electrons. The van der Waals surface area contributed by atoms with Gasteiger partial charge in [-0.15, -0.1) is 0 Å². The number of hydrogen-bond donors (Lipinski definition) is 4. The molecule has 3 unspecified atom stereocenters. The van der Waals surface area contributed by atoms with Gasteiger partial charge >= 0.3 is 6.18 Å². The minimum absolute atomic E-state index is 0.0188. The first-order valence-electron chi connectivity index (χ1n) is 11.3. The largest absolute Gasteiger partial charge is 0.435 e. The summed E-state index contributed by atoms with van der Waals surface area (Å²) in [5, 5.41) is 17.0. The molecule has 182 valence electrons. The number of morpholine rings is 1. The van der Waals surface area contributed by atoms with Gasteiger partial charge in [0.1, 0.15) is 0 Å². The smallest absolute Gasteiger partial charge is 0.375 e. The molecule has 10 heteroatoms. The van der Waals surface area contributed by atoms with Crippen LogP contribution in [0, 0.1) is 11.3 Å². The number of nitrogens with zero attached hydrogens (tertiary/aromatic N) is 2. The lowest BCUT2D eigenvalue weighted by Gasteiger charge is -2.39. The fourth-order valence-corrected chi connectivity index (χ4v) is 4.38. The number of aromatic nitrogens is 2. The van der Waals surface area contributed by atoms with E-state index in [-0.39, 0.29) is 17.6 Å². The van der Waals surface area contributed by atoms with E-state index in [1.54, 1.807) is 0 Å². The number of allylic oxidation sites excluding steroid dienone is 1. The SMILES string of the molecule is C/C=C(\CCC)C(NC1=CC(C=N)C(N)C=C1N1CCO[C@@H](C)C1)c1c[nH]nc1C(F)(F)F. The van der Waals surface area contributed by atoms with Crippen LogP contribution in [-0.4, -0.2) is 53.2 Å². The molecular weight excluding hydrogens is 433 g/mol. The highest BCUT2D eigenvalue weighted by Gasteiger charge is 2.39. The van der Waals surface area contributed by atoms with Gasteiger partial charge in [0.05, 0.1) is 30.1 Å². The predicted octanol–water partition coefficient (Wildman–Crippen LogP) is 3.90. The summed E-state index contributed by atoms with van der Waals surface area (Å²) >= 11 is 0. The molecule has 0 spiro atoms. The van der Waals surface area contributed by atoms with Crippen LogP contribution in [0.5, 0.6) is 0 Å².